The van der Waals surface area contributed by atoms with Gasteiger partial charge in [0.15, 0.2) is 6.10 Å². The van der Waals surface area contributed by atoms with Crippen LogP contribution in [0.3, 0.4) is 0 Å². The summed E-state index contributed by atoms with van der Waals surface area (Å²) in [6, 6.07) is 0. The lowest BCUT2D eigenvalue weighted by Crippen LogP contribution is -2.30. The summed E-state index contributed by atoms with van der Waals surface area (Å²) in [5.41, 5.74) is 0. The molecule has 0 aliphatic heterocycles. The summed E-state index contributed by atoms with van der Waals surface area (Å²) in [5, 5.41) is 0. The van der Waals surface area contributed by atoms with E-state index in [1.165, 1.54) is 135 Å². The molecule has 0 aliphatic rings. The first-order valence-corrected chi connectivity index (χ1v) is 26.6. The molecule has 0 N–H and O–H groups in total. The molecule has 0 radical (unpaired) electrons. The first-order chi connectivity index (χ1) is 30.5. The second-order valence-corrected chi connectivity index (χ2v) is 17.8. The lowest BCUT2D eigenvalue weighted by molar-refractivity contribution is -0.167. The molecule has 0 saturated carbocycles. The van der Waals surface area contributed by atoms with Crippen LogP contribution in [0.2, 0.25) is 0 Å². The molecule has 360 valence electrons. The van der Waals surface area contributed by atoms with Crippen LogP contribution in [0.4, 0.5) is 0 Å². The van der Waals surface area contributed by atoms with Crippen LogP contribution < -0.4 is 0 Å². The lowest BCUT2D eigenvalue weighted by atomic mass is 10.0. The van der Waals surface area contributed by atoms with Gasteiger partial charge in [-0.2, -0.15) is 0 Å². The van der Waals surface area contributed by atoms with Crippen LogP contribution in [-0.4, -0.2) is 37.2 Å². The molecule has 1 atom stereocenters. The third-order valence-corrected chi connectivity index (χ3v) is 11.6. The van der Waals surface area contributed by atoms with Crippen molar-refractivity contribution in [1.82, 2.24) is 0 Å². The van der Waals surface area contributed by atoms with E-state index in [9.17, 15) is 14.4 Å². The van der Waals surface area contributed by atoms with E-state index in [0.29, 0.717) is 19.3 Å². The highest BCUT2D eigenvalue weighted by atomic mass is 16.6. The van der Waals surface area contributed by atoms with Crippen molar-refractivity contribution in [2.75, 3.05) is 13.2 Å². The van der Waals surface area contributed by atoms with Gasteiger partial charge in [-0.3, -0.25) is 14.4 Å². The largest absolute Gasteiger partial charge is 0.462 e. The van der Waals surface area contributed by atoms with Crippen molar-refractivity contribution in [3.8, 4) is 0 Å². The van der Waals surface area contributed by atoms with E-state index in [1.54, 1.807) is 0 Å². The maximum Gasteiger partial charge on any atom is 0.306 e. The zero-order valence-electron chi connectivity index (χ0n) is 41.1. The van der Waals surface area contributed by atoms with Crippen molar-refractivity contribution in [1.29, 1.82) is 0 Å². The molecule has 0 fully saturated rings. The first kappa shape index (κ1) is 59.4. The number of esters is 3. The Labute approximate surface area is 384 Å². The number of allylic oxidation sites excluding steroid dienone is 8. The third-order valence-electron chi connectivity index (χ3n) is 11.6. The van der Waals surface area contributed by atoms with Crippen LogP contribution in [0.1, 0.15) is 271 Å². The summed E-state index contributed by atoms with van der Waals surface area (Å²) in [5.74, 6) is -0.899. The predicted octanol–water partition coefficient (Wildman–Crippen LogP) is 17.5. The Kier molecular flexibility index (Phi) is 48.8. The van der Waals surface area contributed by atoms with Gasteiger partial charge in [0.25, 0.3) is 0 Å². The van der Waals surface area contributed by atoms with E-state index < -0.39 is 6.10 Å². The zero-order valence-corrected chi connectivity index (χ0v) is 41.1. The maximum absolute atomic E-state index is 12.8. The van der Waals surface area contributed by atoms with E-state index in [4.69, 9.17) is 14.2 Å². The van der Waals surface area contributed by atoms with Crippen LogP contribution in [0.25, 0.3) is 0 Å². The molecule has 0 bridgehead atoms. The van der Waals surface area contributed by atoms with Gasteiger partial charge in [0.2, 0.25) is 0 Å². The minimum Gasteiger partial charge on any atom is -0.462 e. The molecule has 6 nitrogen and oxygen atoms in total. The third kappa shape index (κ3) is 48.4. The molecule has 0 aromatic carbocycles. The highest BCUT2D eigenvalue weighted by molar-refractivity contribution is 5.71. The molecule has 0 unspecified atom stereocenters. The number of unbranched alkanes of at least 4 members (excludes halogenated alkanes) is 29. The van der Waals surface area contributed by atoms with Crippen LogP contribution in [0.15, 0.2) is 48.6 Å². The molecule has 0 aromatic rings. The summed E-state index contributed by atoms with van der Waals surface area (Å²) in [6.07, 6.45) is 60.9. The summed E-state index contributed by atoms with van der Waals surface area (Å²) in [4.78, 5) is 38.0. The average Bonchev–Trinajstić information content (AvgIpc) is 3.27. The number of hydrogen-bond acceptors (Lipinski definition) is 6. The van der Waals surface area contributed by atoms with Gasteiger partial charge in [-0.1, -0.05) is 223 Å². The molecule has 0 heterocycles. The maximum atomic E-state index is 12.8. The van der Waals surface area contributed by atoms with Gasteiger partial charge < -0.3 is 14.2 Å². The topological polar surface area (TPSA) is 78.9 Å². The second kappa shape index (κ2) is 51.0. The van der Waals surface area contributed by atoms with E-state index in [2.05, 4.69) is 69.4 Å². The molecule has 0 rings (SSSR count). The Hall–Kier alpha value is -2.63. The molecule has 0 saturated heterocycles. The summed E-state index contributed by atoms with van der Waals surface area (Å²) >= 11 is 0. The summed E-state index contributed by atoms with van der Waals surface area (Å²) in [7, 11) is 0. The van der Waals surface area contributed by atoms with E-state index in [1.807, 2.05) is 0 Å². The Morgan fingerprint density at radius 1 is 0.323 bits per heavy atom. The normalized spacial score (nSPS) is 12.4. The van der Waals surface area contributed by atoms with Crippen LogP contribution in [0, 0.1) is 0 Å². The molecule has 6 heteroatoms. The fraction of sp³-hybridized carbons (Fsp3) is 0.804. The van der Waals surface area contributed by atoms with E-state index in [-0.39, 0.29) is 31.1 Å². The predicted molar refractivity (Wildman–Crippen MR) is 265 cm³/mol. The monoisotopic (exact) mass is 869 g/mol. The van der Waals surface area contributed by atoms with E-state index >= 15 is 0 Å². The smallest absolute Gasteiger partial charge is 0.306 e. The number of rotatable bonds is 48. The molecule has 0 spiro atoms. The Bertz CT molecular complexity index is 1090. The van der Waals surface area contributed by atoms with Gasteiger partial charge in [-0.15, -0.1) is 0 Å². The molecule has 0 aromatic heterocycles. The molecule has 0 amide bonds. The Morgan fingerprint density at radius 2 is 0.597 bits per heavy atom. The minimum atomic E-state index is -0.781. The van der Waals surface area contributed by atoms with Crippen LogP contribution in [-0.2, 0) is 28.6 Å². The van der Waals surface area contributed by atoms with Gasteiger partial charge >= 0.3 is 17.9 Å². The number of carbonyl (C=O) groups is 3. The van der Waals surface area contributed by atoms with Gasteiger partial charge in [-0.05, 0) is 77.0 Å². The van der Waals surface area contributed by atoms with Crippen molar-refractivity contribution < 1.29 is 28.6 Å². The summed E-state index contributed by atoms with van der Waals surface area (Å²) in [6.45, 7) is 6.57. The molecular formula is C56H100O6. The van der Waals surface area contributed by atoms with Crippen LogP contribution >= 0.6 is 0 Å². The lowest BCUT2D eigenvalue weighted by Gasteiger charge is -2.18. The highest BCUT2D eigenvalue weighted by Gasteiger charge is 2.19. The second-order valence-electron chi connectivity index (χ2n) is 17.8. The minimum absolute atomic E-state index is 0.0828. The van der Waals surface area contributed by atoms with Gasteiger partial charge in [0.1, 0.15) is 13.2 Å². The fourth-order valence-electron chi connectivity index (χ4n) is 7.49. The number of carbonyl (C=O) groups excluding carboxylic acids is 3. The highest BCUT2D eigenvalue weighted by Crippen LogP contribution is 2.15. The average molecular weight is 869 g/mol. The van der Waals surface area contributed by atoms with Gasteiger partial charge in [-0.25, -0.2) is 0 Å². The summed E-state index contributed by atoms with van der Waals surface area (Å²) < 4.78 is 16.8. The number of ether oxygens (including phenoxy) is 3. The number of hydrogen-bond donors (Lipinski definition) is 0. The zero-order chi connectivity index (χ0) is 45.1. The fourth-order valence-corrected chi connectivity index (χ4v) is 7.49. The van der Waals surface area contributed by atoms with E-state index in [0.717, 1.165) is 96.3 Å². The van der Waals surface area contributed by atoms with Crippen LogP contribution in [0.5, 0.6) is 0 Å². The molecule has 0 aliphatic carbocycles. The van der Waals surface area contributed by atoms with Crippen molar-refractivity contribution in [3.05, 3.63) is 48.6 Å². The Morgan fingerprint density at radius 3 is 0.968 bits per heavy atom. The van der Waals surface area contributed by atoms with Crippen molar-refractivity contribution in [2.24, 2.45) is 0 Å². The SMILES string of the molecule is CCCC/C=C\C/C=C\CCCCCCCC(=O)OC[C@H](COC(=O)CCCCCCC/C=C\C/C=C\CCCCC)OC(=O)CCCCCCCCCCCCCCCCC. The quantitative estimate of drug-likeness (QED) is 0.0262. The van der Waals surface area contributed by atoms with Crippen molar-refractivity contribution >= 4 is 17.9 Å². The van der Waals surface area contributed by atoms with Crippen molar-refractivity contribution in [3.63, 3.8) is 0 Å². The Balaban J connectivity index is 4.40. The van der Waals surface area contributed by atoms with Gasteiger partial charge in [0, 0.05) is 19.3 Å². The first-order valence-electron chi connectivity index (χ1n) is 26.6. The molecule has 62 heavy (non-hydrogen) atoms. The standard InChI is InChI=1S/C56H100O6/c1-4-7-10-13-16-19-22-25-28-31-34-37-40-43-46-49-55(58)61-52-53(51-60-54(57)48-45-42-39-36-33-30-27-24-21-18-15-12-9-6-3)62-56(59)50-47-44-41-38-35-32-29-26-23-20-17-14-11-8-5-2/h15-16,18-19,24-25,27-28,53H,4-14,17,20-23,26,29-52H2,1-3H3/b18-15-,19-16-,27-24-,28-25-/t53-/m1/s1. The van der Waals surface area contributed by atoms with Gasteiger partial charge in [0.05, 0.1) is 0 Å². The van der Waals surface area contributed by atoms with Crippen molar-refractivity contribution in [2.45, 2.75) is 277 Å². The molecular weight excluding hydrogens is 769 g/mol.